The SMILES string of the molecule is CCOC(=O)c1cc2c(NC(C)=O)cccc2[nH]1. The molecule has 0 saturated heterocycles. The lowest BCUT2D eigenvalue weighted by atomic mass is 10.2. The maximum atomic E-state index is 11.6. The fraction of sp³-hybridized carbons (Fsp3) is 0.231. The molecule has 2 rings (SSSR count). The fourth-order valence-corrected chi connectivity index (χ4v) is 1.77. The lowest BCUT2D eigenvalue weighted by Gasteiger charge is -2.02. The van der Waals surface area contributed by atoms with E-state index < -0.39 is 5.97 Å². The molecule has 0 atom stereocenters. The van der Waals surface area contributed by atoms with Gasteiger partial charge in [0.15, 0.2) is 0 Å². The quantitative estimate of drug-likeness (QED) is 0.816. The van der Waals surface area contributed by atoms with E-state index in [0.29, 0.717) is 18.0 Å². The fourth-order valence-electron chi connectivity index (χ4n) is 1.77. The smallest absolute Gasteiger partial charge is 0.354 e. The lowest BCUT2D eigenvalue weighted by molar-refractivity contribution is -0.114. The molecule has 1 amide bonds. The molecule has 0 saturated carbocycles. The van der Waals surface area contributed by atoms with E-state index in [0.717, 1.165) is 10.9 Å². The van der Waals surface area contributed by atoms with Crippen molar-refractivity contribution in [1.82, 2.24) is 4.98 Å². The van der Waals surface area contributed by atoms with E-state index in [-0.39, 0.29) is 5.91 Å². The van der Waals surface area contributed by atoms with Crippen LogP contribution in [-0.2, 0) is 9.53 Å². The third-order valence-electron chi connectivity index (χ3n) is 2.47. The maximum absolute atomic E-state index is 11.6. The van der Waals surface area contributed by atoms with Gasteiger partial charge in [0.2, 0.25) is 5.91 Å². The van der Waals surface area contributed by atoms with Crippen LogP contribution < -0.4 is 5.32 Å². The summed E-state index contributed by atoms with van der Waals surface area (Å²) >= 11 is 0. The molecule has 0 spiro atoms. The number of esters is 1. The van der Waals surface area contributed by atoms with Crippen molar-refractivity contribution in [1.29, 1.82) is 0 Å². The molecule has 94 valence electrons. The molecule has 0 unspecified atom stereocenters. The third-order valence-corrected chi connectivity index (χ3v) is 2.47. The van der Waals surface area contributed by atoms with E-state index in [2.05, 4.69) is 10.3 Å². The average Bonchev–Trinajstić information content (AvgIpc) is 2.73. The number of aromatic amines is 1. The number of rotatable bonds is 3. The number of hydrogen-bond donors (Lipinski definition) is 2. The minimum absolute atomic E-state index is 0.151. The lowest BCUT2D eigenvalue weighted by Crippen LogP contribution is -2.05. The van der Waals surface area contributed by atoms with Crippen LogP contribution in [0.2, 0.25) is 0 Å². The van der Waals surface area contributed by atoms with Gasteiger partial charge in [-0.15, -0.1) is 0 Å². The summed E-state index contributed by atoms with van der Waals surface area (Å²) in [5.74, 6) is -0.552. The Morgan fingerprint density at radius 2 is 2.17 bits per heavy atom. The highest BCUT2D eigenvalue weighted by Gasteiger charge is 2.12. The molecule has 2 N–H and O–H groups in total. The van der Waals surface area contributed by atoms with Crippen LogP contribution in [0.25, 0.3) is 10.9 Å². The van der Waals surface area contributed by atoms with Gasteiger partial charge >= 0.3 is 5.97 Å². The van der Waals surface area contributed by atoms with Crippen molar-refractivity contribution in [3.05, 3.63) is 30.0 Å². The van der Waals surface area contributed by atoms with Gasteiger partial charge in [-0.1, -0.05) is 6.07 Å². The van der Waals surface area contributed by atoms with Crippen molar-refractivity contribution in [2.24, 2.45) is 0 Å². The van der Waals surface area contributed by atoms with Crippen LogP contribution in [0.3, 0.4) is 0 Å². The van der Waals surface area contributed by atoms with Crippen LogP contribution in [0, 0.1) is 0 Å². The number of H-pyrrole nitrogens is 1. The van der Waals surface area contributed by atoms with Gasteiger partial charge in [-0.2, -0.15) is 0 Å². The topological polar surface area (TPSA) is 71.2 Å². The molecular formula is C13H14N2O3. The summed E-state index contributed by atoms with van der Waals surface area (Å²) in [6, 6.07) is 7.10. The highest BCUT2D eigenvalue weighted by atomic mass is 16.5. The first-order valence-electron chi connectivity index (χ1n) is 5.68. The third kappa shape index (κ3) is 2.34. The van der Waals surface area contributed by atoms with E-state index in [1.54, 1.807) is 25.1 Å². The number of nitrogens with one attached hydrogen (secondary N) is 2. The summed E-state index contributed by atoms with van der Waals surface area (Å²) in [4.78, 5) is 25.7. The molecule has 0 aliphatic heterocycles. The van der Waals surface area contributed by atoms with E-state index in [1.165, 1.54) is 6.92 Å². The van der Waals surface area contributed by atoms with E-state index in [9.17, 15) is 9.59 Å². The zero-order valence-corrected chi connectivity index (χ0v) is 10.2. The van der Waals surface area contributed by atoms with E-state index in [4.69, 9.17) is 4.74 Å². The first kappa shape index (κ1) is 12.2. The predicted octanol–water partition coefficient (Wildman–Crippen LogP) is 2.30. The van der Waals surface area contributed by atoms with Crippen LogP contribution in [0.1, 0.15) is 24.3 Å². The highest BCUT2D eigenvalue weighted by Crippen LogP contribution is 2.24. The Hall–Kier alpha value is -2.30. The van der Waals surface area contributed by atoms with Crippen molar-refractivity contribution in [3.8, 4) is 0 Å². The Balaban J connectivity index is 2.44. The molecule has 0 aliphatic carbocycles. The molecule has 5 nitrogen and oxygen atoms in total. The largest absolute Gasteiger partial charge is 0.461 e. The summed E-state index contributed by atoms with van der Waals surface area (Å²) in [5, 5.41) is 3.51. The normalized spacial score (nSPS) is 10.3. The number of carbonyl (C=O) groups excluding carboxylic acids is 2. The standard InChI is InChI=1S/C13H14N2O3/c1-3-18-13(17)12-7-9-10(14-8(2)16)5-4-6-11(9)15-12/h4-7,15H,3H2,1-2H3,(H,14,16). The van der Waals surface area contributed by atoms with Gasteiger partial charge in [0.1, 0.15) is 5.69 Å². The number of fused-ring (bicyclic) bond motifs is 1. The molecule has 0 radical (unpaired) electrons. The molecule has 1 aromatic heterocycles. The minimum atomic E-state index is -0.400. The monoisotopic (exact) mass is 246 g/mol. The Morgan fingerprint density at radius 1 is 1.39 bits per heavy atom. The molecule has 2 aromatic rings. The second-order valence-electron chi connectivity index (χ2n) is 3.85. The Morgan fingerprint density at radius 3 is 2.83 bits per heavy atom. The molecule has 5 heteroatoms. The summed E-state index contributed by atoms with van der Waals surface area (Å²) in [7, 11) is 0. The summed E-state index contributed by atoms with van der Waals surface area (Å²) in [5.41, 5.74) is 1.83. The van der Waals surface area contributed by atoms with Crippen molar-refractivity contribution in [3.63, 3.8) is 0 Å². The van der Waals surface area contributed by atoms with Gasteiger partial charge in [0, 0.05) is 17.8 Å². The van der Waals surface area contributed by atoms with Crippen molar-refractivity contribution >= 4 is 28.5 Å². The zero-order valence-electron chi connectivity index (χ0n) is 10.2. The molecule has 0 bridgehead atoms. The van der Waals surface area contributed by atoms with Gasteiger partial charge in [-0.05, 0) is 25.1 Å². The van der Waals surface area contributed by atoms with Gasteiger partial charge < -0.3 is 15.0 Å². The van der Waals surface area contributed by atoms with Crippen LogP contribution in [-0.4, -0.2) is 23.5 Å². The van der Waals surface area contributed by atoms with Crippen molar-refractivity contribution < 1.29 is 14.3 Å². The van der Waals surface area contributed by atoms with Crippen molar-refractivity contribution in [2.75, 3.05) is 11.9 Å². The number of hydrogen-bond acceptors (Lipinski definition) is 3. The minimum Gasteiger partial charge on any atom is -0.461 e. The zero-order chi connectivity index (χ0) is 13.1. The maximum Gasteiger partial charge on any atom is 0.354 e. The Labute approximate surface area is 104 Å². The number of benzene rings is 1. The van der Waals surface area contributed by atoms with Gasteiger partial charge in [-0.3, -0.25) is 4.79 Å². The molecule has 0 aliphatic rings. The number of aromatic nitrogens is 1. The Bertz CT molecular complexity index is 601. The van der Waals surface area contributed by atoms with E-state index in [1.807, 2.05) is 6.07 Å². The first-order chi connectivity index (χ1) is 8.61. The predicted molar refractivity (Wildman–Crippen MR) is 68.6 cm³/mol. The van der Waals surface area contributed by atoms with Gasteiger partial charge in [0.25, 0.3) is 0 Å². The van der Waals surface area contributed by atoms with E-state index >= 15 is 0 Å². The number of amides is 1. The van der Waals surface area contributed by atoms with Crippen LogP contribution in [0.5, 0.6) is 0 Å². The van der Waals surface area contributed by atoms with Gasteiger partial charge in [0.05, 0.1) is 12.3 Å². The Kier molecular flexibility index (Phi) is 3.32. The number of ether oxygens (including phenoxy) is 1. The molecule has 0 fully saturated rings. The van der Waals surface area contributed by atoms with Crippen LogP contribution >= 0.6 is 0 Å². The summed E-state index contributed by atoms with van der Waals surface area (Å²) in [6.45, 7) is 3.52. The van der Waals surface area contributed by atoms with Gasteiger partial charge in [-0.25, -0.2) is 4.79 Å². The molecule has 1 aromatic carbocycles. The summed E-state index contributed by atoms with van der Waals surface area (Å²) in [6.07, 6.45) is 0. The number of anilines is 1. The molecular weight excluding hydrogens is 232 g/mol. The molecule has 18 heavy (non-hydrogen) atoms. The molecule has 1 heterocycles. The van der Waals surface area contributed by atoms with Crippen LogP contribution in [0.15, 0.2) is 24.3 Å². The second-order valence-corrected chi connectivity index (χ2v) is 3.85. The first-order valence-corrected chi connectivity index (χ1v) is 5.68. The average molecular weight is 246 g/mol. The summed E-state index contributed by atoms with van der Waals surface area (Å²) < 4.78 is 4.92. The highest BCUT2D eigenvalue weighted by molar-refractivity contribution is 6.04. The second kappa shape index (κ2) is 4.91. The van der Waals surface area contributed by atoms with Crippen LogP contribution in [0.4, 0.5) is 5.69 Å². The number of carbonyl (C=O) groups is 2. The van der Waals surface area contributed by atoms with Crippen molar-refractivity contribution in [2.45, 2.75) is 13.8 Å².